The largest absolute Gasteiger partial charge is 0.317 e. The van der Waals surface area contributed by atoms with E-state index in [1.165, 1.54) is 0 Å². The lowest BCUT2D eigenvalue weighted by molar-refractivity contribution is 0.364. The van der Waals surface area contributed by atoms with Crippen molar-refractivity contribution < 1.29 is 0 Å². The number of likely N-dealkylation sites (N-methyl/N-ethyl adjacent to an activating group) is 1. The van der Waals surface area contributed by atoms with Crippen LogP contribution in [0.5, 0.6) is 0 Å². The Hall–Kier alpha value is -0.580. The highest BCUT2D eigenvalue weighted by atomic mass is 35.5. The molecule has 0 aliphatic carbocycles. The number of nitrogens with one attached hydrogen (secondary N) is 1. The van der Waals surface area contributed by atoms with Crippen LogP contribution in [0.3, 0.4) is 0 Å². The van der Waals surface area contributed by atoms with Crippen LogP contribution in [0.1, 0.15) is 31.9 Å². The smallest absolute Gasteiger partial charge is 0.0820 e. The highest BCUT2D eigenvalue weighted by Crippen LogP contribution is 2.27. The van der Waals surface area contributed by atoms with E-state index in [1.807, 2.05) is 11.7 Å². The van der Waals surface area contributed by atoms with E-state index in [1.54, 1.807) is 6.20 Å². The van der Waals surface area contributed by atoms with Crippen LogP contribution in [-0.2, 0) is 6.54 Å². The molecule has 5 heteroatoms. The topological polar surface area (TPSA) is 33.1 Å². The molecule has 0 radical (unpaired) electrons. The normalized spacial score (nSPS) is 15.1. The van der Waals surface area contributed by atoms with E-state index < -0.39 is 0 Å². The van der Waals surface area contributed by atoms with Gasteiger partial charge in [0.25, 0.3) is 0 Å². The molecule has 1 rings (SSSR count). The third-order valence-electron chi connectivity index (χ3n) is 3.26. The van der Waals surface area contributed by atoms with Crippen LogP contribution in [-0.4, -0.2) is 48.4 Å². The van der Waals surface area contributed by atoms with E-state index in [2.05, 4.69) is 43.3 Å². The Balaban J connectivity index is 2.76. The lowest BCUT2D eigenvalue weighted by Gasteiger charge is -2.19. The summed E-state index contributed by atoms with van der Waals surface area (Å²) in [6, 6.07) is 0.480. The van der Waals surface area contributed by atoms with Crippen LogP contribution in [0.25, 0.3) is 0 Å². The van der Waals surface area contributed by atoms with Crippen molar-refractivity contribution in [2.24, 2.45) is 0 Å². The van der Waals surface area contributed by atoms with E-state index in [-0.39, 0.29) is 0 Å². The van der Waals surface area contributed by atoms with Crippen molar-refractivity contribution in [2.45, 2.75) is 38.8 Å². The highest BCUT2D eigenvalue weighted by Gasteiger charge is 2.18. The van der Waals surface area contributed by atoms with Crippen molar-refractivity contribution in [1.82, 2.24) is 20.0 Å². The highest BCUT2D eigenvalue weighted by molar-refractivity contribution is 6.31. The minimum absolute atomic E-state index is 0.407. The summed E-state index contributed by atoms with van der Waals surface area (Å²) in [5.41, 5.74) is 1.15. The Morgan fingerprint density at radius 2 is 2.11 bits per heavy atom. The predicted molar refractivity (Wildman–Crippen MR) is 77.3 cm³/mol. The van der Waals surface area contributed by atoms with E-state index in [0.717, 1.165) is 30.2 Å². The van der Waals surface area contributed by atoms with Crippen molar-refractivity contribution in [2.75, 3.05) is 27.7 Å². The Bertz CT molecular complexity index is 362. The molecule has 4 nitrogen and oxygen atoms in total. The fourth-order valence-corrected chi connectivity index (χ4v) is 2.42. The van der Waals surface area contributed by atoms with E-state index in [4.69, 9.17) is 11.6 Å². The van der Waals surface area contributed by atoms with Crippen molar-refractivity contribution in [1.29, 1.82) is 0 Å². The zero-order chi connectivity index (χ0) is 13.7. The maximum Gasteiger partial charge on any atom is 0.0820 e. The van der Waals surface area contributed by atoms with E-state index in [0.29, 0.717) is 12.0 Å². The van der Waals surface area contributed by atoms with Crippen molar-refractivity contribution in [3.05, 3.63) is 16.9 Å². The van der Waals surface area contributed by atoms with Crippen LogP contribution in [0.2, 0.25) is 5.02 Å². The first-order valence-corrected chi connectivity index (χ1v) is 6.86. The fraction of sp³-hybridized carbons (Fsp3) is 0.769. The summed E-state index contributed by atoms with van der Waals surface area (Å²) in [6.07, 6.45) is 2.82. The van der Waals surface area contributed by atoms with Gasteiger partial charge in [-0.3, -0.25) is 4.68 Å². The summed E-state index contributed by atoms with van der Waals surface area (Å²) >= 11 is 6.26. The zero-order valence-corrected chi connectivity index (χ0v) is 12.8. The van der Waals surface area contributed by atoms with Crippen LogP contribution < -0.4 is 5.32 Å². The third kappa shape index (κ3) is 4.26. The van der Waals surface area contributed by atoms with Gasteiger partial charge in [-0.1, -0.05) is 18.5 Å². The fourth-order valence-electron chi connectivity index (χ4n) is 2.09. The Morgan fingerprint density at radius 3 is 2.67 bits per heavy atom. The molecule has 2 atom stereocenters. The molecule has 1 aromatic rings. The second kappa shape index (κ2) is 7.12. The van der Waals surface area contributed by atoms with Crippen LogP contribution in [0.15, 0.2) is 6.20 Å². The summed E-state index contributed by atoms with van der Waals surface area (Å²) in [6.45, 7) is 6.25. The molecule has 0 fully saturated rings. The SMILES string of the molecule is CNC(C)CC(C)c1c(Cl)cnn1CCN(C)C. The molecular weight excluding hydrogens is 248 g/mol. The van der Waals surface area contributed by atoms with Crippen molar-refractivity contribution >= 4 is 11.6 Å². The van der Waals surface area contributed by atoms with Gasteiger partial charge in [0.2, 0.25) is 0 Å². The molecule has 0 aliphatic rings. The second-order valence-electron chi connectivity index (χ2n) is 5.23. The number of halogens is 1. The predicted octanol–water partition coefficient (Wildman–Crippen LogP) is 2.20. The van der Waals surface area contributed by atoms with Gasteiger partial charge in [0.1, 0.15) is 0 Å². The maximum absolute atomic E-state index is 6.26. The van der Waals surface area contributed by atoms with Gasteiger partial charge in [0.05, 0.1) is 23.5 Å². The number of rotatable bonds is 7. The lowest BCUT2D eigenvalue weighted by atomic mass is 9.99. The number of hydrogen-bond acceptors (Lipinski definition) is 3. The van der Waals surface area contributed by atoms with Gasteiger partial charge in [-0.15, -0.1) is 0 Å². The molecular formula is C13H25ClN4. The molecule has 18 heavy (non-hydrogen) atoms. The molecule has 0 aliphatic heterocycles. The van der Waals surface area contributed by atoms with Crippen molar-refractivity contribution in [3.63, 3.8) is 0 Å². The van der Waals surface area contributed by atoms with Gasteiger partial charge in [-0.25, -0.2) is 0 Å². The summed E-state index contributed by atoms with van der Waals surface area (Å²) in [5, 5.41) is 8.43. The van der Waals surface area contributed by atoms with Crippen LogP contribution in [0.4, 0.5) is 0 Å². The Labute approximate surface area is 115 Å². The monoisotopic (exact) mass is 272 g/mol. The number of hydrogen-bond donors (Lipinski definition) is 1. The Morgan fingerprint density at radius 1 is 1.44 bits per heavy atom. The first-order valence-electron chi connectivity index (χ1n) is 6.48. The zero-order valence-electron chi connectivity index (χ0n) is 12.1. The van der Waals surface area contributed by atoms with Crippen LogP contribution >= 0.6 is 11.6 Å². The molecule has 0 saturated heterocycles. The van der Waals surface area contributed by atoms with Gasteiger partial charge in [0.15, 0.2) is 0 Å². The van der Waals surface area contributed by atoms with Crippen molar-refractivity contribution in [3.8, 4) is 0 Å². The van der Waals surface area contributed by atoms with Gasteiger partial charge in [-0.05, 0) is 34.5 Å². The first-order chi connectivity index (χ1) is 8.45. The molecule has 0 bridgehead atoms. The van der Waals surface area contributed by atoms with Gasteiger partial charge in [-0.2, -0.15) is 5.10 Å². The minimum Gasteiger partial charge on any atom is -0.317 e. The van der Waals surface area contributed by atoms with Gasteiger partial charge in [0, 0.05) is 18.5 Å². The lowest BCUT2D eigenvalue weighted by Crippen LogP contribution is -2.25. The first kappa shape index (κ1) is 15.5. The quantitative estimate of drug-likeness (QED) is 0.826. The number of nitrogens with zero attached hydrogens (tertiary/aromatic N) is 3. The average molecular weight is 273 g/mol. The second-order valence-corrected chi connectivity index (χ2v) is 5.64. The summed E-state index contributed by atoms with van der Waals surface area (Å²) in [7, 11) is 6.12. The average Bonchev–Trinajstić information content (AvgIpc) is 2.67. The summed E-state index contributed by atoms with van der Waals surface area (Å²) in [4.78, 5) is 2.15. The van der Waals surface area contributed by atoms with E-state index >= 15 is 0 Å². The molecule has 0 amide bonds. The molecule has 0 spiro atoms. The number of aromatic nitrogens is 2. The standard InChI is InChI=1S/C13H25ClN4/c1-10(8-11(2)15-3)13-12(14)9-16-18(13)7-6-17(4)5/h9-11,15H,6-8H2,1-5H3. The molecule has 2 unspecified atom stereocenters. The third-order valence-corrected chi connectivity index (χ3v) is 3.55. The van der Waals surface area contributed by atoms with Crippen LogP contribution in [0, 0.1) is 0 Å². The minimum atomic E-state index is 0.407. The maximum atomic E-state index is 6.26. The van der Waals surface area contributed by atoms with Gasteiger partial charge < -0.3 is 10.2 Å². The molecule has 0 aromatic carbocycles. The molecule has 104 valence electrons. The van der Waals surface area contributed by atoms with E-state index in [9.17, 15) is 0 Å². The molecule has 0 saturated carbocycles. The Kier molecular flexibility index (Phi) is 6.12. The molecule has 1 N–H and O–H groups in total. The molecule has 1 aromatic heterocycles. The van der Waals surface area contributed by atoms with Gasteiger partial charge >= 0.3 is 0 Å². The summed E-state index contributed by atoms with van der Waals surface area (Å²) < 4.78 is 2.04. The molecule has 1 heterocycles. The summed E-state index contributed by atoms with van der Waals surface area (Å²) in [5.74, 6) is 0.407.